The van der Waals surface area contributed by atoms with Crippen LogP contribution in [0.2, 0.25) is 0 Å². The molecule has 12 heteroatoms. The number of amides is 2. The maximum absolute atomic E-state index is 12.3. The summed E-state index contributed by atoms with van der Waals surface area (Å²) in [6, 6.07) is 10.7. The van der Waals surface area contributed by atoms with E-state index in [1.165, 1.54) is 13.3 Å². The highest BCUT2D eigenvalue weighted by atomic mass is 79.9. The van der Waals surface area contributed by atoms with Crippen LogP contribution in [0.4, 0.5) is 5.69 Å². The van der Waals surface area contributed by atoms with Gasteiger partial charge in [-0.05, 0) is 46.6 Å². The van der Waals surface area contributed by atoms with Gasteiger partial charge < -0.3 is 25.2 Å². The van der Waals surface area contributed by atoms with E-state index < -0.39 is 17.1 Å². The number of carboxylic acids is 1. The smallest absolute Gasteiger partial charge is 0.305 e. The molecule has 0 aromatic heterocycles. The Labute approximate surface area is 207 Å². The molecule has 1 unspecified atom stereocenters. The van der Waals surface area contributed by atoms with Crippen LogP contribution >= 0.6 is 27.7 Å². The zero-order valence-corrected chi connectivity index (χ0v) is 20.6. The van der Waals surface area contributed by atoms with Gasteiger partial charge >= 0.3 is 5.97 Å². The van der Waals surface area contributed by atoms with Gasteiger partial charge in [0.25, 0.3) is 5.91 Å². The summed E-state index contributed by atoms with van der Waals surface area (Å²) in [4.78, 5) is 34.8. The molecule has 1 fully saturated rings. The molecule has 1 aliphatic heterocycles. The lowest BCUT2D eigenvalue weighted by Gasteiger charge is -2.13. The maximum Gasteiger partial charge on any atom is 0.305 e. The second-order valence-corrected chi connectivity index (χ2v) is 9.07. The Balaban J connectivity index is 1.64. The number of rotatable bonds is 9. The van der Waals surface area contributed by atoms with Crippen molar-refractivity contribution >= 4 is 62.5 Å². The highest BCUT2D eigenvalue weighted by molar-refractivity contribution is 9.10. The van der Waals surface area contributed by atoms with Gasteiger partial charge in [-0.15, -0.1) is 5.10 Å². The van der Waals surface area contributed by atoms with Crippen molar-refractivity contribution in [3.63, 3.8) is 0 Å². The number of thioether (sulfide) groups is 1. The van der Waals surface area contributed by atoms with Crippen molar-refractivity contribution in [3.05, 3.63) is 52.0 Å². The van der Waals surface area contributed by atoms with Crippen LogP contribution in [0.25, 0.3) is 0 Å². The average molecular weight is 549 g/mol. The number of ether oxygens (including phenoxy) is 2. The van der Waals surface area contributed by atoms with Gasteiger partial charge in [0.15, 0.2) is 23.3 Å². The van der Waals surface area contributed by atoms with Crippen LogP contribution in [-0.2, 0) is 14.4 Å². The zero-order chi connectivity index (χ0) is 24.7. The number of carbonyl (C=O) groups excluding carboxylic acids is 2. The first kappa shape index (κ1) is 25.2. The van der Waals surface area contributed by atoms with Gasteiger partial charge in [0.2, 0.25) is 5.91 Å². The number of methoxy groups -OCH3 is 1. The molecule has 1 atom stereocenters. The summed E-state index contributed by atoms with van der Waals surface area (Å²) < 4.78 is 11.6. The van der Waals surface area contributed by atoms with E-state index in [-0.39, 0.29) is 24.1 Å². The van der Waals surface area contributed by atoms with Crippen LogP contribution in [0.5, 0.6) is 11.5 Å². The largest absolute Gasteiger partial charge is 0.493 e. The molecule has 2 amide bonds. The van der Waals surface area contributed by atoms with E-state index in [2.05, 4.69) is 36.8 Å². The number of aliphatic carboxylic acids is 1. The Bertz CT molecular complexity index is 1170. The minimum absolute atomic E-state index is 0.216. The molecular formula is C22H21BrN4O6S. The first-order valence-corrected chi connectivity index (χ1v) is 11.6. The molecule has 0 saturated carbocycles. The third kappa shape index (κ3) is 6.81. The van der Waals surface area contributed by atoms with E-state index in [9.17, 15) is 14.4 Å². The highest BCUT2D eigenvalue weighted by Gasteiger charge is 2.32. The molecule has 34 heavy (non-hydrogen) atoms. The van der Waals surface area contributed by atoms with Crippen LogP contribution in [0, 0.1) is 6.92 Å². The van der Waals surface area contributed by atoms with Crippen molar-refractivity contribution in [2.24, 2.45) is 10.2 Å². The van der Waals surface area contributed by atoms with Gasteiger partial charge in [0.05, 0.1) is 19.7 Å². The molecule has 3 rings (SSSR count). The Morgan fingerprint density at radius 2 is 2.06 bits per heavy atom. The minimum Gasteiger partial charge on any atom is -0.493 e. The van der Waals surface area contributed by atoms with E-state index >= 15 is 0 Å². The maximum atomic E-state index is 12.3. The third-order valence-corrected chi connectivity index (χ3v) is 6.30. The van der Waals surface area contributed by atoms with Crippen molar-refractivity contribution < 1.29 is 29.0 Å². The number of para-hydroxylation sites is 1. The second kappa shape index (κ2) is 11.7. The fourth-order valence-electron chi connectivity index (χ4n) is 2.85. The molecule has 1 saturated heterocycles. The number of hydrogen-bond donors (Lipinski definition) is 3. The van der Waals surface area contributed by atoms with Crippen LogP contribution in [0.15, 0.2) is 51.1 Å². The van der Waals surface area contributed by atoms with Gasteiger partial charge in [-0.3, -0.25) is 14.4 Å². The Morgan fingerprint density at radius 1 is 1.29 bits per heavy atom. The standard InChI is InChI=1S/C22H21BrN4O6S/c1-12-5-3-4-6-15(12)25-19(28)11-33-17-8-14(23)13(7-16(17)32-2)10-24-27-22-26-21(31)18(34-22)9-20(29)30/h3-8,10,18H,9,11H2,1-2H3,(H,25,28)(H,29,30)(H,26,27,31). The van der Waals surface area contributed by atoms with Gasteiger partial charge in [0.1, 0.15) is 5.25 Å². The average Bonchev–Trinajstić information content (AvgIpc) is 3.13. The molecule has 2 aromatic rings. The van der Waals surface area contributed by atoms with Crippen molar-refractivity contribution in [2.75, 3.05) is 19.0 Å². The zero-order valence-electron chi connectivity index (χ0n) is 18.2. The number of benzene rings is 2. The van der Waals surface area contributed by atoms with E-state index in [1.807, 2.05) is 31.2 Å². The van der Waals surface area contributed by atoms with Crippen LogP contribution in [0.3, 0.4) is 0 Å². The van der Waals surface area contributed by atoms with E-state index in [4.69, 9.17) is 14.6 Å². The van der Waals surface area contributed by atoms with Crippen LogP contribution in [-0.4, -0.2) is 53.2 Å². The number of aryl methyl sites for hydroxylation is 1. The summed E-state index contributed by atoms with van der Waals surface area (Å²) in [5, 5.41) is 21.5. The molecule has 0 spiro atoms. The van der Waals surface area contributed by atoms with E-state index in [0.29, 0.717) is 27.2 Å². The number of anilines is 1. The highest BCUT2D eigenvalue weighted by Crippen LogP contribution is 2.33. The normalized spacial score (nSPS) is 16.5. The topological polar surface area (TPSA) is 139 Å². The molecule has 0 radical (unpaired) electrons. The second-order valence-electron chi connectivity index (χ2n) is 7.02. The molecule has 10 nitrogen and oxygen atoms in total. The predicted molar refractivity (Wildman–Crippen MR) is 133 cm³/mol. The fourth-order valence-corrected chi connectivity index (χ4v) is 4.19. The number of halogens is 1. The number of hydrogen-bond acceptors (Lipinski definition) is 8. The summed E-state index contributed by atoms with van der Waals surface area (Å²) >= 11 is 4.43. The Kier molecular flexibility index (Phi) is 8.66. The number of carboxylic acid groups (broad SMARTS) is 1. The van der Waals surface area contributed by atoms with Crippen LogP contribution < -0.4 is 20.1 Å². The SMILES string of the molecule is COc1cc(C=NN=C2NC(=O)C(CC(=O)O)S2)c(Br)cc1OCC(=O)Nc1ccccc1C. The lowest BCUT2D eigenvalue weighted by atomic mass is 10.2. The van der Waals surface area contributed by atoms with E-state index in [0.717, 1.165) is 17.3 Å². The number of nitrogens with one attached hydrogen (secondary N) is 2. The first-order chi connectivity index (χ1) is 16.3. The molecule has 1 heterocycles. The number of carbonyl (C=O) groups is 3. The van der Waals surface area contributed by atoms with Crippen LogP contribution in [0.1, 0.15) is 17.5 Å². The molecule has 0 bridgehead atoms. The summed E-state index contributed by atoms with van der Waals surface area (Å²) in [7, 11) is 1.47. The minimum atomic E-state index is -1.07. The first-order valence-electron chi connectivity index (χ1n) is 9.93. The lowest BCUT2D eigenvalue weighted by Crippen LogP contribution is -2.26. The summed E-state index contributed by atoms with van der Waals surface area (Å²) in [6.45, 7) is 1.68. The summed E-state index contributed by atoms with van der Waals surface area (Å²) in [5.74, 6) is -1.06. The van der Waals surface area contributed by atoms with Gasteiger partial charge in [-0.1, -0.05) is 30.0 Å². The lowest BCUT2D eigenvalue weighted by molar-refractivity contribution is -0.138. The Morgan fingerprint density at radius 3 is 2.76 bits per heavy atom. The van der Waals surface area contributed by atoms with E-state index in [1.54, 1.807) is 12.1 Å². The molecule has 2 aromatic carbocycles. The Hall–Kier alpha value is -3.38. The fraction of sp³-hybridized carbons (Fsp3) is 0.227. The van der Waals surface area contributed by atoms with Crippen molar-refractivity contribution in [1.82, 2.24) is 5.32 Å². The van der Waals surface area contributed by atoms with Crippen molar-refractivity contribution in [1.29, 1.82) is 0 Å². The quantitative estimate of drug-likeness (QED) is 0.323. The monoisotopic (exact) mass is 548 g/mol. The van der Waals surface area contributed by atoms with Gasteiger partial charge in [-0.25, -0.2) is 0 Å². The number of amidine groups is 1. The van der Waals surface area contributed by atoms with Gasteiger partial charge in [0, 0.05) is 15.7 Å². The molecule has 178 valence electrons. The number of nitrogens with zero attached hydrogens (tertiary/aromatic N) is 2. The molecular weight excluding hydrogens is 528 g/mol. The predicted octanol–water partition coefficient (Wildman–Crippen LogP) is 3.18. The van der Waals surface area contributed by atoms with Crippen molar-refractivity contribution in [3.8, 4) is 11.5 Å². The molecule has 3 N–H and O–H groups in total. The summed E-state index contributed by atoms with van der Waals surface area (Å²) in [6.07, 6.45) is 1.14. The van der Waals surface area contributed by atoms with Crippen molar-refractivity contribution in [2.45, 2.75) is 18.6 Å². The molecule has 1 aliphatic rings. The third-order valence-electron chi connectivity index (χ3n) is 4.54. The summed E-state index contributed by atoms with van der Waals surface area (Å²) in [5.41, 5.74) is 2.26. The van der Waals surface area contributed by atoms with Gasteiger partial charge in [-0.2, -0.15) is 5.10 Å². The molecule has 0 aliphatic carbocycles.